The number of ether oxygens (including phenoxy) is 1. The van der Waals surface area contributed by atoms with Gasteiger partial charge in [0.2, 0.25) is 5.91 Å². The Morgan fingerprint density at radius 3 is 2.50 bits per heavy atom. The predicted octanol–water partition coefficient (Wildman–Crippen LogP) is 1.24. The van der Waals surface area contributed by atoms with Gasteiger partial charge >= 0.3 is 5.97 Å². The van der Waals surface area contributed by atoms with Gasteiger partial charge in [-0.3, -0.25) is 4.79 Å². The lowest BCUT2D eigenvalue weighted by molar-refractivity contribution is -0.144. The Morgan fingerprint density at radius 2 is 2.00 bits per heavy atom. The van der Waals surface area contributed by atoms with Crippen molar-refractivity contribution in [2.75, 3.05) is 7.11 Å². The summed E-state index contributed by atoms with van der Waals surface area (Å²) in [5, 5.41) is 2.58. The number of nitrogens with one attached hydrogen (secondary N) is 1. The van der Waals surface area contributed by atoms with Crippen molar-refractivity contribution in [3.8, 4) is 0 Å². The number of carbonyl (C=O) groups excluding carboxylic acids is 2. The van der Waals surface area contributed by atoms with Crippen LogP contribution in [0.2, 0.25) is 0 Å². The van der Waals surface area contributed by atoms with E-state index in [9.17, 15) is 9.59 Å². The highest BCUT2D eigenvalue weighted by molar-refractivity contribution is 5.83. The Bertz CT molecular complexity index is 192. The maximum absolute atomic E-state index is 11.2. The van der Waals surface area contributed by atoms with E-state index in [2.05, 4.69) is 17.0 Å². The molecule has 0 spiro atoms. The molecule has 0 aliphatic carbocycles. The van der Waals surface area contributed by atoms with Crippen molar-refractivity contribution in [2.24, 2.45) is 0 Å². The van der Waals surface area contributed by atoms with Crippen LogP contribution in [0.1, 0.15) is 39.5 Å². The third-order valence-corrected chi connectivity index (χ3v) is 1.94. The molecule has 0 aliphatic heterocycles. The van der Waals surface area contributed by atoms with E-state index in [4.69, 9.17) is 0 Å². The second-order valence-electron chi connectivity index (χ2n) is 3.27. The molecule has 1 amide bonds. The van der Waals surface area contributed by atoms with Gasteiger partial charge in [0.15, 0.2) is 0 Å². The molecule has 1 atom stereocenters. The molecule has 0 fully saturated rings. The molecule has 0 unspecified atom stereocenters. The SMILES string of the molecule is CCCCCC(=O)N[C@@H](C)C(=O)OC. The molecule has 1 N–H and O–H groups in total. The van der Waals surface area contributed by atoms with Gasteiger partial charge in [-0.05, 0) is 13.3 Å². The molecule has 0 radical (unpaired) electrons. The van der Waals surface area contributed by atoms with E-state index in [-0.39, 0.29) is 5.91 Å². The molecule has 0 aromatic carbocycles. The topological polar surface area (TPSA) is 55.4 Å². The number of rotatable bonds is 6. The fraction of sp³-hybridized carbons (Fsp3) is 0.800. The molecule has 0 saturated carbocycles. The number of unbranched alkanes of at least 4 members (excludes halogenated alkanes) is 2. The van der Waals surface area contributed by atoms with Gasteiger partial charge in [0.25, 0.3) is 0 Å². The van der Waals surface area contributed by atoms with Crippen molar-refractivity contribution < 1.29 is 14.3 Å². The van der Waals surface area contributed by atoms with E-state index in [0.717, 1.165) is 19.3 Å². The number of hydrogen-bond acceptors (Lipinski definition) is 3. The van der Waals surface area contributed by atoms with Gasteiger partial charge in [-0.15, -0.1) is 0 Å². The zero-order chi connectivity index (χ0) is 11.0. The Balaban J connectivity index is 3.65. The number of methoxy groups -OCH3 is 1. The molecule has 0 heterocycles. The number of amides is 1. The minimum absolute atomic E-state index is 0.0867. The van der Waals surface area contributed by atoms with Crippen LogP contribution in [0.15, 0.2) is 0 Å². The largest absolute Gasteiger partial charge is 0.467 e. The molecular formula is C10H19NO3. The maximum atomic E-state index is 11.2. The molecule has 4 heteroatoms. The van der Waals surface area contributed by atoms with Crippen LogP contribution >= 0.6 is 0 Å². The molecule has 0 aromatic heterocycles. The Labute approximate surface area is 85.0 Å². The molecular weight excluding hydrogens is 182 g/mol. The lowest BCUT2D eigenvalue weighted by Crippen LogP contribution is -2.38. The first-order valence-electron chi connectivity index (χ1n) is 4.99. The van der Waals surface area contributed by atoms with Crippen molar-refractivity contribution in [1.82, 2.24) is 5.32 Å². The summed E-state index contributed by atoms with van der Waals surface area (Å²) in [6, 6.07) is -0.547. The van der Waals surface area contributed by atoms with Crippen LogP contribution in [0.4, 0.5) is 0 Å². The number of hydrogen-bond donors (Lipinski definition) is 1. The summed E-state index contributed by atoms with van der Waals surface area (Å²) >= 11 is 0. The van der Waals surface area contributed by atoms with Crippen LogP contribution in [0.5, 0.6) is 0 Å². The highest BCUT2D eigenvalue weighted by Crippen LogP contribution is 1.99. The van der Waals surface area contributed by atoms with Crippen molar-refractivity contribution in [3.63, 3.8) is 0 Å². The van der Waals surface area contributed by atoms with Crippen LogP contribution in [-0.4, -0.2) is 25.0 Å². The standard InChI is InChI=1S/C10H19NO3/c1-4-5-6-7-9(12)11-8(2)10(13)14-3/h8H,4-7H2,1-3H3,(H,11,12)/t8-/m0/s1. The van der Waals surface area contributed by atoms with Crippen molar-refractivity contribution in [2.45, 2.75) is 45.6 Å². The molecule has 0 aliphatic rings. The smallest absolute Gasteiger partial charge is 0.328 e. The fourth-order valence-electron chi connectivity index (χ4n) is 1.08. The van der Waals surface area contributed by atoms with Crippen LogP contribution in [0.3, 0.4) is 0 Å². The average molecular weight is 201 g/mol. The zero-order valence-corrected chi connectivity index (χ0v) is 9.13. The monoisotopic (exact) mass is 201 g/mol. The summed E-state index contributed by atoms with van der Waals surface area (Å²) in [5.41, 5.74) is 0. The Kier molecular flexibility index (Phi) is 6.80. The number of carbonyl (C=O) groups is 2. The first-order chi connectivity index (χ1) is 6.61. The highest BCUT2D eigenvalue weighted by atomic mass is 16.5. The first-order valence-corrected chi connectivity index (χ1v) is 4.99. The average Bonchev–Trinajstić information content (AvgIpc) is 2.16. The lowest BCUT2D eigenvalue weighted by atomic mass is 10.2. The van der Waals surface area contributed by atoms with Gasteiger partial charge in [0.1, 0.15) is 6.04 Å². The molecule has 82 valence electrons. The van der Waals surface area contributed by atoms with Gasteiger partial charge in [-0.1, -0.05) is 19.8 Å². The Morgan fingerprint density at radius 1 is 1.36 bits per heavy atom. The van der Waals surface area contributed by atoms with E-state index in [1.165, 1.54) is 7.11 Å². The highest BCUT2D eigenvalue weighted by Gasteiger charge is 2.14. The van der Waals surface area contributed by atoms with E-state index in [0.29, 0.717) is 6.42 Å². The second-order valence-corrected chi connectivity index (χ2v) is 3.27. The summed E-state index contributed by atoms with van der Waals surface area (Å²) in [7, 11) is 1.31. The number of esters is 1. The van der Waals surface area contributed by atoms with E-state index in [1.54, 1.807) is 6.92 Å². The summed E-state index contributed by atoms with van der Waals surface area (Å²) in [6.07, 6.45) is 3.48. The summed E-state index contributed by atoms with van der Waals surface area (Å²) in [4.78, 5) is 22.2. The lowest BCUT2D eigenvalue weighted by Gasteiger charge is -2.10. The Hall–Kier alpha value is -1.06. The first kappa shape index (κ1) is 12.9. The van der Waals surface area contributed by atoms with Gasteiger partial charge < -0.3 is 10.1 Å². The second kappa shape index (κ2) is 7.35. The van der Waals surface area contributed by atoms with Crippen LogP contribution < -0.4 is 5.32 Å². The molecule has 0 bridgehead atoms. The third kappa shape index (κ3) is 5.56. The van der Waals surface area contributed by atoms with Crippen molar-refractivity contribution >= 4 is 11.9 Å². The van der Waals surface area contributed by atoms with Gasteiger partial charge in [-0.2, -0.15) is 0 Å². The van der Waals surface area contributed by atoms with Crippen molar-refractivity contribution in [3.05, 3.63) is 0 Å². The molecule has 14 heavy (non-hydrogen) atoms. The quantitative estimate of drug-likeness (QED) is 0.519. The minimum atomic E-state index is -0.547. The van der Waals surface area contributed by atoms with Gasteiger partial charge in [0.05, 0.1) is 7.11 Å². The van der Waals surface area contributed by atoms with Gasteiger partial charge in [-0.25, -0.2) is 4.79 Å². The molecule has 0 saturated heterocycles. The summed E-state index contributed by atoms with van der Waals surface area (Å²) in [5.74, 6) is -0.495. The normalized spacial score (nSPS) is 11.9. The van der Waals surface area contributed by atoms with E-state index < -0.39 is 12.0 Å². The minimum Gasteiger partial charge on any atom is -0.467 e. The molecule has 0 aromatic rings. The van der Waals surface area contributed by atoms with Crippen LogP contribution in [0.25, 0.3) is 0 Å². The van der Waals surface area contributed by atoms with Crippen LogP contribution in [-0.2, 0) is 14.3 Å². The predicted molar refractivity (Wildman–Crippen MR) is 53.8 cm³/mol. The maximum Gasteiger partial charge on any atom is 0.328 e. The zero-order valence-electron chi connectivity index (χ0n) is 9.13. The summed E-state index contributed by atoms with van der Waals surface area (Å²) < 4.78 is 4.48. The third-order valence-electron chi connectivity index (χ3n) is 1.94. The fourth-order valence-corrected chi connectivity index (χ4v) is 1.08. The van der Waals surface area contributed by atoms with Crippen molar-refractivity contribution in [1.29, 1.82) is 0 Å². The van der Waals surface area contributed by atoms with Gasteiger partial charge in [0, 0.05) is 6.42 Å². The van der Waals surface area contributed by atoms with Crippen LogP contribution in [0, 0.1) is 0 Å². The van der Waals surface area contributed by atoms with E-state index in [1.807, 2.05) is 0 Å². The summed E-state index contributed by atoms with van der Waals surface area (Å²) in [6.45, 7) is 3.69. The molecule has 4 nitrogen and oxygen atoms in total. The van der Waals surface area contributed by atoms with E-state index >= 15 is 0 Å². The molecule has 0 rings (SSSR count).